The Kier molecular flexibility index (Phi) is 19.1. The van der Waals surface area contributed by atoms with Crippen molar-refractivity contribution in [2.45, 2.75) is 39.5 Å². The molecule has 0 aromatic heterocycles. The minimum absolute atomic E-state index is 0.0166. The lowest BCUT2D eigenvalue weighted by Crippen LogP contribution is -2.15. The third-order valence-electron chi connectivity index (χ3n) is 3.73. The summed E-state index contributed by atoms with van der Waals surface area (Å²) in [5.41, 5.74) is 0.618. The van der Waals surface area contributed by atoms with Gasteiger partial charge in [-0.1, -0.05) is 13.2 Å². The van der Waals surface area contributed by atoms with Gasteiger partial charge in [-0.05, 0) is 26.7 Å². The Morgan fingerprint density at radius 2 is 0.912 bits per heavy atom. The van der Waals surface area contributed by atoms with E-state index in [9.17, 15) is 19.2 Å². The van der Waals surface area contributed by atoms with Crippen molar-refractivity contribution in [3.05, 3.63) is 24.3 Å². The molecule has 0 aliphatic rings. The van der Waals surface area contributed by atoms with E-state index in [2.05, 4.69) is 13.2 Å². The van der Waals surface area contributed by atoms with Crippen molar-refractivity contribution < 1.29 is 52.3 Å². The molecule has 0 heterocycles. The van der Waals surface area contributed by atoms with Gasteiger partial charge in [0.05, 0.1) is 39.6 Å². The molecule has 0 aromatic rings. The third-order valence-corrected chi connectivity index (χ3v) is 3.73. The number of carbonyl (C=O) groups excluding carboxylic acids is 4. The summed E-state index contributed by atoms with van der Waals surface area (Å²) in [5, 5.41) is 0. The van der Waals surface area contributed by atoms with Crippen LogP contribution in [0.2, 0.25) is 0 Å². The molecule has 0 amide bonds. The topological polar surface area (TPSA) is 133 Å². The number of esters is 4. The van der Waals surface area contributed by atoms with Crippen molar-refractivity contribution >= 4 is 23.9 Å². The number of ether oxygens (including phenoxy) is 7. The highest BCUT2D eigenvalue weighted by molar-refractivity contribution is 5.87. The number of hydrogen-bond acceptors (Lipinski definition) is 11. The molecule has 0 atom stereocenters. The van der Waals surface area contributed by atoms with Crippen molar-refractivity contribution in [3.63, 3.8) is 0 Å². The Labute approximate surface area is 200 Å². The van der Waals surface area contributed by atoms with Gasteiger partial charge in [0.2, 0.25) is 0 Å². The van der Waals surface area contributed by atoms with E-state index in [1.165, 1.54) is 0 Å². The van der Waals surface area contributed by atoms with E-state index in [1.807, 2.05) is 0 Å². The fourth-order valence-electron chi connectivity index (χ4n) is 1.98. The van der Waals surface area contributed by atoms with E-state index in [1.54, 1.807) is 13.8 Å². The summed E-state index contributed by atoms with van der Waals surface area (Å²) in [4.78, 5) is 45.3. The van der Waals surface area contributed by atoms with E-state index in [-0.39, 0.29) is 65.9 Å². The Morgan fingerprint density at radius 1 is 0.529 bits per heavy atom. The fourth-order valence-corrected chi connectivity index (χ4v) is 1.98. The van der Waals surface area contributed by atoms with Crippen LogP contribution in [0.5, 0.6) is 0 Å². The third kappa shape index (κ3) is 19.9. The second-order valence-corrected chi connectivity index (χ2v) is 7.03. The normalized spacial score (nSPS) is 10.3. The molecule has 0 unspecified atom stereocenters. The molecule has 0 aliphatic carbocycles. The summed E-state index contributed by atoms with van der Waals surface area (Å²) >= 11 is 0. The lowest BCUT2D eigenvalue weighted by atomic mass is 10.3. The zero-order valence-electron chi connectivity index (χ0n) is 20.1. The summed E-state index contributed by atoms with van der Waals surface area (Å²) in [7, 11) is 0. The van der Waals surface area contributed by atoms with Gasteiger partial charge in [0.25, 0.3) is 0 Å². The van der Waals surface area contributed by atoms with E-state index in [0.29, 0.717) is 30.6 Å². The molecule has 11 nitrogen and oxygen atoms in total. The molecule has 0 bridgehead atoms. The quantitative estimate of drug-likeness (QED) is 0.0771. The van der Waals surface area contributed by atoms with Crippen LogP contribution in [0.15, 0.2) is 24.3 Å². The van der Waals surface area contributed by atoms with Gasteiger partial charge in [-0.25, -0.2) is 9.59 Å². The summed E-state index contributed by atoms with van der Waals surface area (Å²) in [6.45, 7) is 11.5. The van der Waals surface area contributed by atoms with E-state index < -0.39 is 23.9 Å². The van der Waals surface area contributed by atoms with Crippen LogP contribution in [-0.4, -0.2) is 83.5 Å². The van der Waals surface area contributed by atoms with Crippen molar-refractivity contribution in [2.24, 2.45) is 0 Å². The predicted molar refractivity (Wildman–Crippen MR) is 120 cm³/mol. The highest BCUT2D eigenvalue weighted by Crippen LogP contribution is 1.99. The molecule has 194 valence electrons. The second-order valence-electron chi connectivity index (χ2n) is 7.03. The average Bonchev–Trinajstić information content (AvgIpc) is 2.79. The van der Waals surface area contributed by atoms with Crippen LogP contribution >= 0.6 is 0 Å². The molecule has 0 spiro atoms. The van der Waals surface area contributed by atoms with E-state index >= 15 is 0 Å². The maximum atomic E-state index is 11.5. The summed E-state index contributed by atoms with van der Waals surface area (Å²) in [5.74, 6) is -1.77. The molecule has 0 saturated heterocycles. The SMILES string of the molecule is C=C(C)C(=O)OCCCC(=O)OCCOCCOCOCCOC(=O)CCCOC(=O)C(=C)C. The Hall–Kier alpha value is -2.76. The maximum Gasteiger partial charge on any atom is 0.333 e. The Bertz CT molecular complexity index is 601. The van der Waals surface area contributed by atoms with E-state index in [4.69, 9.17) is 33.2 Å². The summed E-state index contributed by atoms with van der Waals surface area (Å²) < 4.78 is 35.3. The van der Waals surface area contributed by atoms with E-state index in [0.717, 1.165) is 0 Å². The average molecular weight is 489 g/mol. The van der Waals surface area contributed by atoms with Gasteiger partial charge in [-0.15, -0.1) is 0 Å². The first-order valence-electron chi connectivity index (χ1n) is 10.9. The molecule has 11 heteroatoms. The molecule has 0 rings (SSSR count). The minimum atomic E-state index is -0.483. The highest BCUT2D eigenvalue weighted by Gasteiger charge is 2.07. The number of hydrogen-bond donors (Lipinski definition) is 0. The zero-order chi connectivity index (χ0) is 25.6. The van der Waals surface area contributed by atoms with Crippen molar-refractivity contribution in [3.8, 4) is 0 Å². The number of carbonyl (C=O) groups is 4. The van der Waals surface area contributed by atoms with Crippen LogP contribution < -0.4 is 0 Å². The van der Waals surface area contributed by atoms with Crippen LogP contribution in [-0.2, 0) is 52.3 Å². The molecule has 0 radical (unpaired) electrons. The standard InChI is InChI=1S/C23H36O11/c1-18(2)22(26)33-9-5-7-20(24)31-15-13-28-11-12-29-17-30-14-16-32-21(25)8-6-10-34-23(27)19(3)4/h1,3,5-17H2,2,4H3. The monoisotopic (exact) mass is 488 g/mol. The first-order chi connectivity index (χ1) is 16.2. The predicted octanol–water partition coefficient (Wildman–Crippen LogP) is 1.88. The van der Waals surface area contributed by atoms with Crippen LogP contribution in [0, 0.1) is 0 Å². The van der Waals surface area contributed by atoms with Gasteiger partial charge in [0.15, 0.2) is 0 Å². The molecule has 0 aliphatic heterocycles. The van der Waals surface area contributed by atoms with Crippen molar-refractivity contribution in [2.75, 3.05) is 59.6 Å². The lowest BCUT2D eigenvalue weighted by Gasteiger charge is -2.08. The Morgan fingerprint density at radius 3 is 1.35 bits per heavy atom. The number of rotatable bonds is 21. The molecular formula is C23H36O11. The van der Waals surface area contributed by atoms with Gasteiger partial charge in [0, 0.05) is 24.0 Å². The van der Waals surface area contributed by atoms with Gasteiger partial charge in [-0.3, -0.25) is 9.59 Å². The van der Waals surface area contributed by atoms with Crippen LogP contribution in [0.4, 0.5) is 0 Å². The van der Waals surface area contributed by atoms with Gasteiger partial charge in [-0.2, -0.15) is 0 Å². The molecule has 0 saturated carbocycles. The van der Waals surface area contributed by atoms with Gasteiger partial charge in [0.1, 0.15) is 20.0 Å². The minimum Gasteiger partial charge on any atom is -0.463 e. The fraction of sp³-hybridized carbons (Fsp3) is 0.652. The Balaban J connectivity index is 3.36. The van der Waals surface area contributed by atoms with Crippen molar-refractivity contribution in [1.82, 2.24) is 0 Å². The zero-order valence-corrected chi connectivity index (χ0v) is 20.1. The second kappa shape index (κ2) is 20.8. The summed E-state index contributed by atoms with van der Waals surface area (Å²) in [6, 6.07) is 0. The smallest absolute Gasteiger partial charge is 0.333 e. The van der Waals surface area contributed by atoms with Crippen LogP contribution in [0.3, 0.4) is 0 Å². The van der Waals surface area contributed by atoms with Gasteiger partial charge >= 0.3 is 23.9 Å². The van der Waals surface area contributed by atoms with Gasteiger partial charge < -0.3 is 33.2 Å². The van der Waals surface area contributed by atoms with Crippen LogP contribution in [0.25, 0.3) is 0 Å². The maximum absolute atomic E-state index is 11.5. The first kappa shape index (κ1) is 31.2. The largest absolute Gasteiger partial charge is 0.463 e. The van der Waals surface area contributed by atoms with Crippen molar-refractivity contribution in [1.29, 1.82) is 0 Å². The molecule has 0 N–H and O–H groups in total. The molecular weight excluding hydrogens is 452 g/mol. The molecule has 34 heavy (non-hydrogen) atoms. The lowest BCUT2D eigenvalue weighted by molar-refractivity contribution is -0.149. The van der Waals surface area contributed by atoms with Crippen LogP contribution in [0.1, 0.15) is 39.5 Å². The molecule has 0 aromatic carbocycles. The summed E-state index contributed by atoms with van der Waals surface area (Å²) in [6.07, 6.45) is 1.02. The molecule has 0 fully saturated rings. The highest BCUT2D eigenvalue weighted by atomic mass is 16.7. The first-order valence-corrected chi connectivity index (χ1v) is 10.9.